The summed E-state index contributed by atoms with van der Waals surface area (Å²) in [6.45, 7) is 6.99. The molecule has 2 rings (SSSR count). The Morgan fingerprint density at radius 3 is 2.67 bits per heavy atom. The zero-order chi connectivity index (χ0) is 15.6. The summed E-state index contributed by atoms with van der Waals surface area (Å²) in [6, 6.07) is 4.66. The highest BCUT2D eigenvalue weighted by Crippen LogP contribution is 2.29. The van der Waals surface area contributed by atoms with E-state index in [0.717, 1.165) is 16.4 Å². The number of hydrogen-bond acceptors (Lipinski definition) is 5. The van der Waals surface area contributed by atoms with Crippen LogP contribution in [0.1, 0.15) is 31.5 Å². The molecule has 0 aliphatic heterocycles. The van der Waals surface area contributed by atoms with Gasteiger partial charge in [-0.25, -0.2) is 4.98 Å². The largest absolute Gasteiger partial charge is 0.378 e. The molecule has 7 heteroatoms. The van der Waals surface area contributed by atoms with Crippen molar-refractivity contribution in [3.63, 3.8) is 0 Å². The predicted octanol–water partition coefficient (Wildman–Crippen LogP) is 4.72. The van der Waals surface area contributed by atoms with Crippen LogP contribution in [0.4, 0.5) is 11.4 Å². The van der Waals surface area contributed by atoms with Crippen LogP contribution < -0.4 is 5.32 Å². The van der Waals surface area contributed by atoms with Crippen LogP contribution in [0.2, 0.25) is 0 Å². The first-order valence-electron chi connectivity index (χ1n) is 6.40. The van der Waals surface area contributed by atoms with E-state index in [4.69, 9.17) is 0 Å². The Bertz CT molecular complexity index is 664. The summed E-state index contributed by atoms with van der Waals surface area (Å²) in [5.74, 6) is 0. The summed E-state index contributed by atoms with van der Waals surface area (Å²) in [5.41, 5.74) is 1.90. The van der Waals surface area contributed by atoms with Gasteiger partial charge in [0.2, 0.25) is 0 Å². The number of anilines is 1. The number of thiazole rings is 1. The first-order valence-corrected chi connectivity index (χ1v) is 8.07. The quantitative estimate of drug-likeness (QED) is 0.624. The molecule has 1 aromatic carbocycles. The molecule has 0 atom stereocenters. The fourth-order valence-electron chi connectivity index (χ4n) is 1.68. The summed E-state index contributed by atoms with van der Waals surface area (Å²) in [6.07, 6.45) is 0. The van der Waals surface area contributed by atoms with Gasteiger partial charge in [0.25, 0.3) is 5.69 Å². The Morgan fingerprint density at radius 1 is 1.43 bits per heavy atom. The lowest BCUT2D eigenvalue weighted by atomic mass is 9.98. The molecule has 0 aliphatic carbocycles. The Balaban J connectivity index is 2.06. The zero-order valence-electron chi connectivity index (χ0n) is 12.0. The van der Waals surface area contributed by atoms with Gasteiger partial charge in [-0.2, -0.15) is 0 Å². The summed E-state index contributed by atoms with van der Waals surface area (Å²) < 4.78 is 0.669. The highest BCUT2D eigenvalue weighted by molar-refractivity contribution is 9.10. The Hall–Kier alpha value is -1.47. The lowest BCUT2D eigenvalue weighted by Gasteiger charge is -2.13. The van der Waals surface area contributed by atoms with Gasteiger partial charge in [-0.05, 0) is 22.0 Å². The predicted molar refractivity (Wildman–Crippen MR) is 88.9 cm³/mol. The lowest BCUT2D eigenvalue weighted by molar-refractivity contribution is -0.384. The molecule has 0 radical (unpaired) electrons. The van der Waals surface area contributed by atoms with E-state index in [1.807, 2.05) is 5.38 Å². The zero-order valence-corrected chi connectivity index (χ0v) is 14.4. The highest BCUT2D eigenvalue weighted by Gasteiger charge is 2.18. The molecule has 0 amide bonds. The maximum atomic E-state index is 10.7. The van der Waals surface area contributed by atoms with Crippen LogP contribution in [0.25, 0.3) is 0 Å². The minimum atomic E-state index is -0.412. The standard InChI is InChI=1S/C14H16BrN3O2S/c1-14(2,3)13-17-9(8-21-13)7-16-12-5-4-10(18(19)20)6-11(12)15/h4-6,8,16H,7H2,1-3H3. The number of halogens is 1. The Morgan fingerprint density at radius 2 is 2.14 bits per heavy atom. The van der Waals surface area contributed by atoms with E-state index in [9.17, 15) is 10.1 Å². The van der Waals surface area contributed by atoms with Crippen molar-refractivity contribution in [2.45, 2.75) is 32.7 Å². The van der Waals surface area contributed by atoms with Crippen molar-refractivity contribution in [1.29, 1.82) is 0 Å². The first kappa shape index (κ1) is 15.9. The van der Waals surface area contributed by atoms with Crippen LogP contribution in [-0.4, -0.2) is 9.91 Å². The van der Waals surface area contributed by atoms with E-state index in [1.54, 1.807) is 17.4 Å². The van der Waals surface area contributed by atoms with Gasteiger partial charge in [-0.15, -0.1) is 11.3 Å². The van der Waals surface area contributed by atoms with Gasteiger partial charge in [0, 0.05) is 33.1 Å². The molecule has 1 aromatic heterocycles. The van der Waals surface area contributed by atoms with E-state index < -0.39 is 4.92 Å². The number of aromatic nitrogens is 1. The summed E-state index contributed by atoms with van der Waals surface area (Å²) in [4.78, 5) is 14.9. The van der Waals surface area contributed by atoms with Crippen LogP contribution >= 0.6 is 27.3 Å². The molecule has 0 bridgehead atoms. The number of hydrogen-bond donors (Lipinski definition) is 1. The number of non-ortho nitro benzene ring substituents is 1. The maximum Gasteiger partial charge on any atom is 0.270 e. The average Bonchev–Trinajstić information content (AvgIpc) is 2.85. The lowest BCUT2D eigenvalue weighted by Crippen LogP contribution is -2.11. The molecule has 0 saturated heterocycles. The molecular formula is C14H16BrN3O2S. The van der Waals surface area contributed by atoms with Crippen LogP contribution in [0.5, 0.6) is 0 Å². The number of nitrogens with one attached hydrogen (secondary N) is 1. The summed E-state index contributed by atoms with van der Waals surface area (Å²) in [7, 11) is 0. The highest BCUT2D eigenvalue weighted by atomic mass is 79.9. The minimum Gasteiger partial charge on any atom is -0.378 e. The van der Waals surface area contributed by atoms with Crippen molar-refractivity contribution in [2.24, 2.45) is 0 Å². The van der Waals surface area contributed by atoms with Gasteiger partial charge in [0.15, 0.2) is 0 Å². The minimum absolute atomic E-state index is 0.0524. The molecule has 0 unspecified atom stereocenters. The van der Waals surface area contributed by atoms with E-state index in [-0.39, 0.29) is 11.1 Å². The van der Waals surface area contributed by atoms with Gasteiger partial charge in [0.05, 0.1) is 22.2 Å². The molecule has 2 aromatic rings. The number of benzene rings is 1. The van der Waals surface area contributed by atoms with Gasteiger partial charge in [-0.3, -0.25) is 10.1 Å². The second kappa shape index (κ2) is 6.11. The van der Waals surface area contributed by atoms with Crippen LogP contribution in [0, 0.1) is 10.1 Å². The molecule has 112 valence electrons. The molecule has 0 fully saturated rings. The fraction of sp³-hybridized carbons (Fsp3) is 0.357. The smallest absolute Gasteiger partial charge is 0.270 e. The van der Waals surface area contributed by atoms with E-state index in [1.165, 1.54) is 12.1 Å². The molecule has 0 spiro atoms. The number of rotatable bonds is 4. The van der Waals surface area contributed by atoms with Crippen molar-refractivity contribution >= 4 is 38.6 Å². The third-order valence-electron chi connectivity index (χ3n) is 2.82. The van der Waals surface area contributed by atoms with Gasteiger partial charge >= 0.3 is 0 Å². The monoisotopic (exact) mass is 369 g/mol. The molecule has 1 heterocycles. The topological polar surface area (TPSA) is 68.1 Å². The van der Waals surface area contributed by atoms with E-state index in [0.29, 0.717) is 11.0 Å². The first-order chi connectivity index (χ1) is 9.77. The van der Waals surface area contributed by atoms with Gasteiger partial charge in [0.1, 0.15) is 0 Å². The molecule has 1 N–H and O–H groups in total. The van der Waals surface area contributed by atoms with Gasteiger partial charge < -0.3 is 5.32 Å². The van der Waals surface area contributed by atoms with Crippen molar-refractivity contribution in [2.75, 3.05) is 5.32 Å². The molecule has 5 nitrogen and oxygen atoms in total. The normalized spacial score (nSPS) is 11.4. The SMILES string of the molecule is CC(C)(C)c1nc(CNc2ccc([N+](=O)[O-])cc2Br)cs1. The van der Waals surface area contributed by atoms with Crippen molar-refractivity contribution < 1.29 is 4.92 Å². The van der Waals surface area contributed by atoms with Crippen molar-refractivity contribution in [3.05, 3.63) is 48.9 Å². The summed E-state index contributed by atoms with van der Waals surface area (Å²) in [5, 5.41) is 17.1. The fourth-order valence-corrected chi connectivity index (χ4v) is 3.09. The Kier molecular flexibility index (Phi) is 4.63. The van der Waals surface area contributed by atoms with Crippen molar-refractivity contribution in [1.82, 2.24) is 4.98 Å². The van der Waals surface area contributed by atoms with Crippen LogP contribution in [0.15, 0.2) is 28.1 Å². The second-order valence-electron chi connectivity index (χ2n) is 5.67. The summed E-state index contributed by atoms with van der Waals surface area (Å²) >= 11 is 4.99. The third-order valence-corrected chi connectivity index (χ3v) is 4.79. The molecular weight excluding hydrogens is 354 g/mol. The number of nitrogens with zero attached hydrogens (tertiary/aromatic N) is 2. The average molecular weight is 370 g/mol. The molecule has 0 aliphatic rings. The molecule has 21 heavy (non-hydrogen) atoms. The third kappa shape index (κ3) is 4.01. The molecule has 0 saturated carbocycles. The van der Waals surface area contributed by atoms with Crippen molar-refractivity contribution in [3.8, 4) is 0 Å². The van der Waals surface area contributed by atoms with E-state index >= 15 is 0 Å². The van der Waals surface area contributed by atoms with Crippen LogP contribution in [0.3, 0.4) is 0 Å². The maximum absolute atomic E-state index is 10.7. The second-order valence-corrected chi connectivity index (χ2v) is 7.38. The van der Waals surface area contributed by atoms with E-state index in [2.05, 4.69) is 47.0 Å². The Labute approximate surface area is 135 Å². The number of nitro benzene ring substituents is 1. The van der Waals surface area contributed by atoms with Crippen LogP contribution in [-0.2, 0) is 12.0 Å². The van der Waals surface area contributed by atoms with Gasteiger partial charge in [-0.1, -0.05) is 20.8 Å². The number of nitro groups is 1.